The van der Waals surface area contributed by atoms with Gasteiger partial charge in [0.05, 0.1) is 25.8 Å². The monoisotopic (exact) mass is 387 g/mol. The highest BCUT2D eigenvalue weighted by Crippen LogP contribution is 2.37. The molecule has 1 aromatic carbocycles. The summed E-state index contributed by atoms with van der Waals surface area (Å²) in [5.41, 5.74) is 0.686. The lowest BCUT2D eigenvalue weighted by molar-refractivity contribution is -0.137. The van der Waals surface area contributed by atoms with Crippen LogP contribution in [0.3, 0.4) is 0 Å². The Bertz CT molecular complexity index is 756. The Balaban J connectivity index is 1.46. The van der Waals surface area contributed by atoms with E-state index < -0.39 is 0 Å². The van der Waals surface area contributed by atoms with Crippen molar-refractivity contribution < 1.29 is 19.1 Å². The second-order valence-corrected chi connectivity index (χ2v) is 8.16. The molecule has 0 aliphatic carbocycles. The van der Waals surface area contributed by atoms with Crippen LogP contribution in [-0.2, 0) is 9.59 Å². The van der Waals surface area contributed by atoms with Gasteiger partial charge in [0.25, 0.3) is 0 Å². The Morgan fingerprint density at radius 1 is 1.18 bits per heavy atom. The smallest absolute Gasteiger partial charge is 0.228 e. The van der Waals surface area contributed by atoms with Crippen molar-refractivity contribution in [3.63, 3.8) is 0 Å². The summed E-state index contributed by atoms with van der Waals surface area (Å²) in [6.07, 6.45) is 4.67. The summed E-state index contributed by atoms with van der Waals surface area (Å²) in [6.45, 7) is 0.391. The summed E-state index contributed by atoms with van der Waals surface area (Å²) in [5, 5.41) is 3.62. The van der Waals surface area contributed by atoms with Gasteiger partial charge in [-0.05, 0) is 37.8 Å². The molecular weight excluding hydrogens is 358 g/mol. The van der Waals surface area contributed by atoms with Crippen molar-refractivity contribution in [1.82, 2.24) is 10.2 Å². The Kier molecular flexibility index (Phi) is 5.19. The van der Waals surface area contributed by atoms with Gasteiger partial charge in [0, 0.05) is 44.2 Å². The van der Waals surface area contributed by atoms with Crippen LogP contribution in [0.1, 0.15) is 32.1 Å². The Morgan fingerprint density at radius 3 is 2.54 bits per heavy atom. The van der Waals surface area contributed by atoms with Crippen LogP contribution < -0.4 is 19.7 Å². The molecular formula is C21H29N3O4. The van der Waals surface area contributed by atoms with Crippen LogP contribution >= 0.6 is 0 Å². The van der Waals surface area contributed by atoms with E-state index in [1.54, 1.807) is 31.3 Å². The number of rotatable bonds is 5. The van der Waals surface area contributed by atoms with Crippen LogP contribution in [0.2, 0.25) is 0 Å². The topological polar surface area (TPSA) is 71.1 Å². The van der Waals surface area contributed by atoms with E-state index in [9.17, 15) is 9.59 Å². The van der Waals surface area contributed by atoms with Crippen molar-refractivity contribution in [3.8, 4) is 11.5 Å². The fourth-order valence-corrected chi connectivity index (χ4v) is 4.93. The summed E-state index contributed by atoms with van der Waals surface area (Å²) >= 11 is 0. The number of carbonyl (C=O) groups excluding carboxylic acids is 2. The molecule has 1 aromatic rings. The lowest BCUT2D eigenvalue weighted by Gasteiger charge is -2.36. The molecule has 28 heavy (non-hydrogen) atoms. The lowest BCUT2D eigenvalue weighted by Crippen LogP contribution is -2.50. The minimum Gasteiger partial charge on any atom is -0.497 e. The largest absolute Gasteiger partial charge is 0.497 e. The highest BCUT2D eigenvalue weighted by molar-refractivity contribution is 6.01. The molecule has 2 amide bonds. The lowest BCUT2D eigenvalue weighted by atomic mass is 9.97. The van der Waals surface area contributed by atoms with Gasteiger partial charge in [0.15, 0.2) is 0 Å². The number of hydrogen-bond donors (Lipinski definition) is 1. The maximum absolute atomic E-state index is 13.1. The summed E-state index contributed by atoms with van der Waals surface area (Å²) < 4.78 is 10.7. The first-order chi connectivity index (χ1) is 13.5. The summed E-state index contributed by atoms with van der Waals surface area (Å²) in [7, 11) is 5.06. The van der Waals surface area contributed by atoms with Crippen molar-refractivity contribution >= 4 is 17.5 Å². The molecule has 0 saturated carbocycles. The third-order valence-corrected chi connectivity index (χ3v) is 6.50. The summed E-state index contributed by atoms with van der Waals surface area (Å²) in [4.78, 5) is 29.4. The molecule has 3 aliphatic rings. The number of benzene rings is 1. The third-order valence-electron chi connectivity index (χ3n) is 6.50. The molecule has 0 aromatic heterocycles. The molecule has 3 heterocycles. The zero-order chi connectivity index (χ0) is 19.8. The van der Waals surface area contributed by atoms with E-state index in [0.717, 1.165) is 12.8 Å². The van der Waals surface area contributed by atoms with Gasteiger partial charge in [0.1, 0.15) is 11.5 Å². The average Bonchev–Trinajstić information content (AvgIpc) is 3.27. The molecule has 3 aliphatic heterocycles. The van der Waals surface area contributed by atoms with Crippen LogP contribution in [0.4, 0.5) is 5.69 Å². The quantitative estimate of drug-likeness (QED) is 0.834. The number of nitrogens with zero attached hydrogens (tertiary/aromatic N) is 2. The molecule has 3 atom stereocenters. The maximum atomic E-state index is 13.1. The molecule has 152 valence electrons. The number of nitrogens with one attached hydrogen (secondary N) is 1. The van der Waals surface area contributed by atoms with E-state index >= 15 is 0 Å². The zero-order valence-corrected chi connectivity index (χ0v) is 16.8. The predicted octanol–water partition coefficient (Wildman–Crippen LogP) is 1.80. The number of carbonyl (C=O) groups is 2. The summed E-state index contributed by atoms with van der Waals surface area (Å²) in [6, 6.07) is 6.71. The number of ether oxygens (including phenoxy) is 2. The van der Waals surface area contributed by atoms with E-state index in [4.69, 9.17) is 9.47 Å². The third kappa shape index (κ3) is 3.43. The molecule has 3 saturated heterocycles. The molecule has 2 bridgehead atoms. The van der Waals surface area contributed by atoms with E-state index in [2.05, 4.69) is 5.32 Å². The zero-order valence-electron chi connectivity index (χ0n) is 16.8. The number of anilines is 1. The van der Waals surface area contributed by atoms with Gasteiger partial charge in [-0.3, -0.25) is 9.59 Å². The van der Waals surface area contributed by atoms with Crippen molar-refractivity contribution in [2.45, 2.75) is 50.2 Å². The molecule has 3 fully saturated rings. The SMILES string of the molecule is COc1ccc(N2CC(C(=O)N(C)C3CC4CCC(C3)N4)CC2=O)c(OC)c1. The molecule has 7 heteroatoms. The Hall–Kier alpha value is -2.28. The van der Waals surface area contributed by atoms with Gasteiger partial charge in [-0.15, -0.1) is 0 Å². The molecule has 4 rings (SSSR count). The number of methoxy groups -OCH3 is 2. The molecule has 0 radical (unpaired) electrons. The molecule has 3 unspecified atom stereocenters. The van der Waals surface area contributed by atoms with Crippen LogP contribution in [0, 0.1) is 5.92 Å². The first kappa shape index (κ1) is 19.1. The normalized spacial score (nSPS) is 29.1. The minimum atomic E-state index is -0.308. The first-order valence-corrected chi connectivity index (χ1v) is 10.0. The van der Waals surface area contributed by atoms with Crippen LogP contribution in [0.15, 0.2) is 18.2 Å². The maximum Gasteiger partial charge on any atom is 0.228 e. The van der Waals surface area contributed by atoms with E-state index in [1.165, 1.54) is 12.8 Å². The van der Waals surface area contributed by atoms with Gasteiger partial charge in [-0.25, -0.2) is 0 Å². The number of amides is 2. The summed E-state index contributed by atoms with van der Waals surface area (Å²) in [5.74, 6) is 0.969. The Labute approximate surface area is 166 Å². The number of piperidine rings is 1. The van der Waals surface area contributed by atoms with Gasteiger partial charge >= 0.3 is 0 Å². The van der Waals surface area contributed by atoms with Crippen LogP contribution in [0.5, 0.6) is 11.5 Å². The van der Waals surface area contributed by atoms with E-state index in [-0.39, 0.29) is 30.2 Å². The molecule has 1 N–H and O–H groups in total. The fraction of sp³-hybridized carbons (Fsp3) is 0.619. The van der Waals surface area contributed by atoms with Crippen molar-refractivity contribution in [1.29, 1.82) is 0 Å². The predicted molar refractivity (Wildman–Crippen MR) is 106 cm³/mol. The van der Waals surface area contributed by atoms with Gasteiger partial charge in [0.2, 0.25) is 11.8 Å². The fourth-order valence-electron chi connectivity index (χ4n) is 4.93. The second-order valence-electron chi connectivity index (χ2n) is 8.16. The second kappa shape index (κ2) is 7.62. The van der Waals surface area contributed by atoms with Gasteiger partial charge in [-0.1, -0.05) is 0 Å². The van der Waals surface area contributed by atoms with Crippen molar-refractivity contribution in [2.24, 2.45) is 5.92 Å². The average molecular weight is 387 g/mol. The van der Waals surface area contributed by atoms with Crippen LogP contribution in [0.25, 0.3) is 0 Å². The van der Waals surface area contributed by atoms with E-state index in [0.29, 0.717) is 35.8 Å². The standard InChI is InChI=1S/C21H29N3O4/c1-23(16-9-14-4-5-15(10-16)22-14)21(26)13-8-20(25)24(12-13)18-7-6-17(27-2)11-19(18)28-3/h6-7,11,13-16,22H,4-5,8-10,12H2,1-3H3. The van der Waals surface area contributed by atoms with Gasteiger partial charge in [-0.2, -0.15) is 0 Å². The molecule has 7 nitrogen and oxygen atoms in total. The van der Waals surface area contributed by atoms with E-state index in [1.807, 2.05) is 18.0 Å². The van der Waals surface area contributed by atoms with Gasteiger partial charge < -0.3 is 24.6 Å². The highest BCUT2D eigenvalue weighted by atomic mass is 16.5. The first-order valence-electron chi connectivity index (χ1n) is 10.0. The highest BCUT2D eigenvalue weighted by Gasteiger charge is 2.41. The van der Waals surface area contributed by atoms with Crippen molar-refractivity contribution in [2.75, 3.05) is 32.7 Å². The van der Waals surface area contributed by atoms with Crippen molar-refractivity contribution in [3.05, 3.63) is 18.2 Å². The number of hydrogen-bond acceptors (Lipinski definition) is 5. The minimum absolute atomic E-state index is 0.0411. The van der Waals surface area contributed by atoms with Crippen LogP contribution in [-0.4, -0.2) is 62.7 Å². The molecule has 0 spiro atoms. The number of fused-ring (bicyclic) bond motifs is 2. The Morgan fingerprint density at radius 2 is 1.89 bits per heavy atom.